The molecule has 0 amide bonds. The predicted octanol–water partition coefficient (Wildman–Crippen LogP) is 2.68. The Kier molecular flexibility index (Phi) is 1.69. The van der Waals surface area contributed by atoms with Crippen LogP contribution in [0.5, 0.6) is 0 Å². The fourth-order valence-electron chi connectivity index (χ4n) is 1.37. The number of imidazole rings is 1. The first-order valence-electron chi connectivity index (χ1n) is 4.28. The minimum absolute atomic E-state index is 0.984. The lowest BCUT2D eigenvalue weighted by molar-refractivity contribution is 1.18. The van der Waals surface area contributed by atoms with E-state index in [1.807, 2.05) is 30.6 Å². The number of nitrogens with zero attached hydrogens (tertiary/aromatic N) is 2. The van der Waals surface area contributed by atoms with Crippen molar-refractivity contribution >= 4 is 11.2 Å². The molecule has 0 atom stereocenters. The van der Waals surface area contributed by atoms with Crippen molar-refractivity contribution in [2.24, 2.45) is 0 Å². The van der Waals surface area contributed by atoms with E-state index in [0.717, 1.165) is 22.5 Å². The molecule has 0 radical (unpaired) electrons. The Bertz CT molecular complexity index is 466. The fourth-order valence-corrected chi connectivity index (χ4v) is 1.37. The molecule has 2 heterocycles. The normalized spacial score (nSPS) is 10.6. The summed E-state index contributed by atoms with van der Waals surface area (Å²) in [7, 11) is 0. The Balaban J connectivity index is 2.67. The molecule has 0 N–H and O–H groups in total. The Labute approximate surface area is 77.5 Å². The van der Waals surface area contributed by atoms with Crippen molar-refractivity contribution in [1.82, 2.24) is 9.38 Å². The molecule has 0 aliphatic heterocycles. The highest BCUT2D eigenvalue weighted by molar-refractivity contribution is 5.64. The van der Waals surface area contributed by atoms with E-state index in [-0.39, 0.29) is 0 Å². The highest BCUT2D eigenvalue weighted by Gasteiger charge is 1.99. The van der Waals surface area contributed by atoms with Crippen molar-refractivity contribution in [3.8, 4) is 0 Å². The number of pyridine rings is 1. The van der Waals surface area contributed by atoms with E-state index in [4.69, 9.17) is 0 Å². The zero-order chi connectivity index (χ0) is 9.42. The topological polar surface area (TPSA) is 17.3 Å². The van der Waals surface area contributed by atoms with Crippen LogP contribution < -0.4 is 0 Å². The third-order valence-corrected chi connectivity index (χ3v) is 2.07. The largest absolute Gasteiger partial charge is 0.307 e. The first kappa shape index (κ1) is 8.05. The molecular weight excluding hydrogens is 160 g/mol. The molecule has 0 aliphatic carbocycles. The molecule has 0 fully saturated rings. The van der Waals surface area contributed by atoms with Crippen LogP contribution in [0.4, 0.5) is 0 Å². The number of fused-ring (bicyclic) bond motifs is 1. The van der Waals surface area contributed by atoms with Crippen LogP contribution in [-0.2, 0) is 0 Å². The van der Waals surface area contributed by atoms with E-state index in [1.54, 1.807) is 0 Å². The van der Waals surface area contributed by atoms with Gasteiger partial charge in [-0.05, 0) is 31.5 Å². The first-order valence-corrected chi connectivity index (χ1v) is 4.28. The molecule has 66 valence electrons. The van der Waals surface area contributed by atoms with E-state index in [1.165, 1.54) is 0 Å². The van der Waals surface area contributed by atoms with Gasteiger partial charge in [0, 0.05) is 12.4 Å². The standard InChI is InChI=1S/C11H12N2/c1-8(2)10-4-5-13-7-9(3)12-11(13)6-10/h4-7H,1H2,2-3H3. The van der Waals surface area contributed by atoms with E-state index in [0.29, 0.717) is 0 Å². The summed E-state index contributed by atoms with van der Waals surface area (Å²) in [6, 6.07) is 4.10. The molecule has 0 aromatic carbocycles. The van der Waals surface area contributed by atoms with Gasteiger partial charge in [-0.3, -0.25) is 0 Å². The monoisotopic (exact) mass is 172 g/mol. The molecule has 0 saturated carbocycles. The van der Waals surface area contributed by atoms with Gasteiger partial charge in [0.05, 0.1) is 5.69 Å². The third kappa shape index (κ3) is 1.35. The number of hydrogen-bond donors (Lipinski definition) is 0. The lowest BCUT2D eigenvalue weighted by Gasteiger charge is -1.99. The molecule has 0 bridgehead atoms. The summed E-state index contributed by atoms with van der Waals surface area (Å²) in [4.78, 5) is 4.38. The van der Waals surface area contributed by atoms with Crippen LogP contribution in [0.3, 0.4) is 0 Å². The maximum absolute atomic E-state index is 4.38. The molecule has 2 heteroatoms. The minimum Gasteiger partial charge on any atom is -0.307 e. The first-order chi connectivity index (χ1) is 6.16. The van der Waals surface area contributed by atoms with Gasteiger partial charge in [0.15, 0.2) is 0 Å². The summed E-state index contributed by atoms with van der Waals surface area (Å²) in [5, 5.41) is 0. The van der Waals surface area contributed by atoms with Crippen LogP contribution in [0.2, 0.25) is 0 Å². The smallest absolute Gasteiger partial charge is 0.137 e. The second-order valence-corrected chi connectivity index (χ2v) is 3.34. The van der Waals surface area contributed by atoms with Gasteiger partial charge in [-0.15, -0.1) is 0 Å². The third-order valence-electron chi connectivity index (χ3n) is 2.07. The van der Waals surface area contributed by atoms with E-state index in [2.05, 4.69) is 23.7 Å². The fraction of sp³-hybridized carbons (Fsp3) is 0.182. The Morgan fingerprint density at radius 1 is 1.54 bits per heavy atom. The molecule has 2 aromatic heterocycles. The van der Waals surface area contributed by atoms with E-state index in [9.17, 15) is 0 Å². The van der Waals surface area contributed by atoms with E-state index >= 15 is 0 Å². The van der Waals surface area contributed by atoms with Gasteiger partial charge in [-0.1, -0.05) is 12.2 Å². The molecule has 0 aliphatic rings. The second kappa shape index (κ2) is 2.73. The van der Waals surface area contributed by atoms with Gasteiger partial charge < -0.3 is 4.40 Å². The van der Waals surface area contributed by atoms with Crippen LogP contribution in [0.25, 0.3) is 11.2 Å². The van der Waals surface area contributed by atoms with Crippen LogP contribution in [0.15, 0.2) is 31.1 Å². The second-order valence-electron chi connectivity index (χ2n) is 3.34. The molecule has 2 aromatic rings. The van der Waals surface area contributed by atoms with Crippen LogP contribution in [0, 0.1) is 6.92 Å². The molecule has 0 spiro atoms. The Hall–Kier alpha value is -1.57. The Morgan fingerprint density at radius 3 is 3.00 bits per heavy atom. The summed E-state index contributed by atoms with van der Waals surface area (Å²) >= 11 is 0. The number of aromatic nitrogens is 2. The maximum Gasteiger partial charge on any atom is 0.137 e. The molecule has 0 unspecified atom stereocenters. The van der Waals surface area contributed by atoms with Gasteiger partial charge in [-0.2, -0.15) is 0 Å². The zero-order valence-electron chi connectivity index (χ0n) is 7.91. The summed E-state index contributed by atoms with van der Waals surface area (Å²) in [6.07, 6.45) is 4.02. The summed E-state index contributed by atoms with van der Waals surface area (Å²) < 4.78 is 2.02. The van der Waals surface area contributed by atoms with Crippen molar-refractivity contribution in [3.05, 3.63) is 42.4 Å². The van der Waals surface area contributed by atoms with Crippen molar-refractivity contribution in [2.45, 2.75) is 13.8 Å². The molecule has 2 rings (SSSR count). The van der Waals surface area contributed by atoms with Gasteiger partial charge in [-0.25, -0.2) is 4.98 Å². The quantitative estimate of drug-likeness (QED) is 0.646. The van der Waals surface area contributed by atoms with Crippen LogP contribution >= 0.6 is 0 Å². The van der Waals surface area contributed by atoms with E-state index < -0.39 is 0 Å². The lowest BCUT2D eigenvalue weighted by Crippen LogP contribution is -1.84. The molecule has 13 heavy (non-hydrogen) atoms. The van der Waals surface area contributed by atoms with Gasteiger partial charge >= 0.3 is 0 Å². The number of aryl methyl sites for hydroxylation is 1. The number of rotatable bonds is 1. The number of hydrogen-bond acceptors (Lipinski definition) is 1. The zero-order valence-corrected chi connectivity index (χ0v) is 7.91. The van der Waals surface area contributed by atoms with Crippen molar-refractivity contribution < 1.29 is 0 Å². The molecular formula is C11H12N2. The van der Waals surface area contributed by atoms with Crippen molar-refractivity contribution in [2.75, 3.05) is 0 Å². The predicted molar refractivity (Wildman–Crippen MR) is 54.6 cm³/mol. The SMILES string of the molecule is C=C(C)c1ccn2cc(C)nc2c1. The van der Waals surface area contributed by atoms with Crippen LogP contribution in [-0.4, -0.2) is 9.38 Å². The summed E-state index contributed by atoms with van der Waals surface area (Å²) in [5.74, 6) is 0. The lowest BCUT2D eigenvalue weighted by atomic mass is 10.1. The highest BCUT2D eigenvalue weighted by Crippen LogP contribution is 2.13. The maximum atomic E-state index is 4.38. The highest BCUT2D eigenvalue weighted by atomic mass is 15.0. The summed E-state index contributed by atoms with van der Waals surface area (Å²) in [6.45, 7) is 7.90. The minimum atomic E-state index is 0.984. The van der Waals surface area contributed by atoms with Gasteiger partial charge in [0.1, 0.15) is 5.65 Å². The average Bonchev–Trinajstić information content (AvgIpc) is 2.42. The van der Waals surface area contributed by atoms with Crippen molar-refractivity contribution in [1.29, 1.82) is 0 Å². The molecule has 2 nitrogen and oxygen atoms in total. The Morgan fingerprint density at radius 2 is 2.31 bits per heavy atom. The average molecular weight is 172 g/mol. The summed E-state index contributed by atoms with van der Waals surface area (Å²) in [5.41, 5.74) is 4.25. The molecule has 0 saturated heterocycles. The number of allylic oxidation sites excluding steroid dienone is 1. The van der Waals surface area contributed by atoms with Gasteiger partial charge in [0.25, 0.3) is 0 Å². The van der Waals surface area contributed by atoms with Crippen molar-refractivity contribution in [3.63, 3.8) is 0 Å². The van der Waals surface area contributed by atoms with Gasteiger partial charge in [0.2, 0.25) is 0 Å². The van der Waals surface area contributed by atoms with Crippen LogP contribution in [0.1, 0.15) is 18.2 Å².